The summed E-state index contributed by atoms with van der Waals surface area (Å²) in [5.74, 6) is -0.465. The van der Waals surface area contributed by atoms with Crippen molar-refractivity contribution in [3.63, 3.8) is 0 Å². The van der Waals surface area contributed by atoms with Gasteiger partial charge in [0.05, 0.1) is 6.04 Å². The Morgan fingerprint density at radius 3 is 2.81 bits per heavy atom. The number of carbonyl (C=O) groups is 1. The van der Waals surface area contributed by atoms with E-state index >= 15 is 0 Å². The van der Waals surface area contributed by atoms with Crippen LogP contribution in [0.1, 0.15) is 5.56 Å². The largest absolute Gasteiger partial charge is 0.368 e. The minimum Gasteiger partial charge on any atom is -0.368 e. The van der Waals surface area contributed by atoms with E-state index in [0.29, 0.717) is 6.42 Å². The van der Waals surface area contributed by atoms with Crippen LogP contribution in [0.3, 0.4) is 0 Å². The lowest BCUT2D eigenvalue weighted by Crippen LogP contribution is -2.38. The monoisotopic (exact) mass is 217 g/mol. The Morgan fingerprint density at radius 1 is 1.44 bits per heavy atom. The predicted molar refractivity (Wildman–Crippen MR) is 63.8 cm³/mol. The Hall–Kier alpha value is -1.81. The second-order valence-electron chi connectivity index (χ2n) is 4.00. The van der Waals surface area contributed by atoms with Crippen LogP contribution in [0.25, 0.3) is 10.9 Å². The lowest BCUT2D eigenvalue weighted by Gasteiger charge is -2.05. The van der Waals surface area contributed by atoms with E-state index in [0.717, 1.165) is 16.5 Å². The molecule has 1 amide bonds. The molecule has 0 aliphatic heterocycles. The molecule has 0 saturated heterocycles. The molecule has 0 fully saturated rings. The summed E-state index contributed by atoms with van der Waals surface area (Å²) >= 11 is 0. The minimum absolute atomic E-state index is 0.465. The molecular formula is C12H15N3O. The summed E-state index contributed by atoms with van der Waals surface area (Å²) < 4.78 is 2.03. The molecule has 4 N–H and O–H groups in total. The second-order valence-corrected chi connectivity index (χ2v) is 4.00. The third-order valence-corrected chi connectivity index (χ3v) is 2.78. The van der Waals surface area contributed by atoms with Crippen molar-refractivity contribution in [1.29, 1.82) is 0 Å². The van der Waals surface area contributed by atoms with Gasteiger partial charge >= 0.3 is 0 Å². The number of aryl methyl sites for hydroxylation is 1. The highest BCUT2D eigenvalue weighted by Crippen LogP contribution is 2.21. The summed E-state index contributed by atoms with van der Waals surface area (Å²) in [7, 11) is 1.97. The molecule has 0 bridgehead atoms. The van der Waals surface area contributed by atoms with Crippen LogP contribution >= 0.6 is 0 Å². The number of aromatic nitrogens is 1. The fraction of sp³-hybridized carbons (Fsp3) is 0.250. The van der Waals surface area contributed by atoms with E-state index in [1.807, 2.05) is 42.1 Å². The normalized spacial score (nSPS) is 12.9. The SMILES string of the molecule is Cn1cc(C[C@@H](N)C(N)=O)c2ccccc21. The molecule has 4 nitrogen and oxygen atoms in total. The van der Waals surface area contributed by atoms with Crippen LogP contribution in [0.15, 0.2) is 30.5 Å². The molecule has 0 aliphatic carbocycles. The second kappa shape index (κ2) is 3.98. The Labute approximate surface area is 93.8 Å². The van der Waals surface area contributed by atoms with Gasteiger partial charge in [-0.05, 0) is 18.1 Å². The molecule has 0 spiro atoms. The Balaban J connectivity index is 2.42. The average molecular weight is 217 g/mol. The molecular weight excluding hydrogens is 202 g/mol. The van der Waals surface area contributed by atoms with Crippen LogP contribution in [0.2, 0.25) is 0 Å². The molecule has 1 aromatic carbocycles. The number of nitrogens with two attached hydrogens (primary N) is 2. The average Bonchev–Trinajstić information content (AvgIpc) is 2.57. The molecule has 1 atom stereocenters. The van der Waals surface area contributed by atoms with Crippen LogP contribution in [-0.4, -0.2) is 16.5 Å². The van der Waals surface area contributed by atoms with Gasteiger partial charge in [-0.2, -0.15) is 0 Å². The number of fused-ring (bicyclic) bond motifs is 1. The molecule has 0 unspecified atom stereocenters. The number of amides is 1. The van der Waals surface area contributed by atoms with Gasteiger partial charge in [0, 0.05) is 24.1 Å². The van der Waals surface area contributed by atoms with Crippen LogP contribution in [0.4, 0.5) is 0 Å². The van der Waals surface area contributed by atoms with Crippen molar-refractivity contribution in [2.24, 2.45) is 18.5 Å². The smallest absolute Gasteiger partial charge is 0.234 e. The highest BCUT2D eigenvalue weighted by atomic mass is 16.1. The van der Waals surface area contributed by atoms with Crippen molar-refractivity contribution in [1.82, 2.24) is 4.57 Å². The molecule has 0 aliphatic rings. The van der Waals surface area contributed by atoms with Gasteiger partial charge in [0.25, 0.3) is 0 Å². The zero-order valence-electron chi connectivity index (χ0n) is 9.18. The van der Waals surface area contributed by atoms with Gasteiger partial charge in [-0.1, -0.05) is 18.2 Å². The fourth-order valence-corrected chi connectivity index (χ4v) is 1.93. The summed E-state index contributed by atoms with van der Waals surface area (Å²) in [4.78, 5) is 10.9. The van der Waals surface area contributed by atoms with E-state index in [1.54, 1.807) is 0 Å². The quantitative estimate of drug-likeness (QED) is 0.787. The van der Waals surface area contributed by atoms with Crippen molar-refractivity contribution in [2.75, 3.05) is 0 Å². The summed E-state index contributed by atoms with van der Waals surface area (Å²) in [6.45, 7) is 0. The first-order valence-electron chi connectivity index (χ1n) is 5.17. The predicted octanol–water partition coefficient (Wildman–Crippen LogP) is 0.533. The number of hydrogen-bond acceptors (Lipinski definition) is 2. The van der Waals surface area contributed by atoms with Gasteiger partial charge in [0.15, 0.2) is 0 Å². The van der Waals surface area contributed by atoms with E-state index in [2.05, 4.69) is 0 Å². The summed E-state index contributed by atoms with van der Waals surface area (Å²) in [5.41, 5.74) is 13.0. The van der Waals surface area contributed by atoms with Gasteiger partial charge in [-0.25, -0.2) is 0 Å². The number of hydrogen-bond donors (Lipinski definition) is 2. The molecule has 2 rings (SSSR count). The zero-order valence-corrected chi connectivity index (χ0v) is 9.18. The highest BCUT2D eigenvalue weighted by molar-refractivity contribution is 5.86. The van der Waals surface area contributed by atoms with Crippen molar-refractivity contribution >= 4 is 16.8 Å². The molecule has 1 heterocycles. The Kier molecular flexibility index (Phi) is 2.66. The lowest BCUT2D eigenvalue weighted by molar-refractivity contribution is -0.119. The van der Waals surface area contributed by atoms with E-state index in [9.17, 15) is 4.79 Å². The maximum atomic E-state index is 10.9. The van der Waals surface area contributed by atoms with Crippen molar-refractivity contribution in [3.8, 4) is 0 Å². The van der Waals surface area contributed by atoms with Crippen molar-refractivity contribution < 1.29 is 4.79 Å². The summed E-state index contributed by atoms with van der Waals surface area (Å²) in [5, 5.41) is 1.13. The number of rotatable bonds is 3. The van der Waals surface area contributed by atoms with Crippen LogP contribution in [-0.2, 0) is 18.3 Å². The maximum absolute atomic E-state index is 10.9. The van der Waals surface area contributed by atoms with Crippen molar-refractivity contribution in [3.05, 3.63) is 36.0 Å². The van der Waals surface area contributed by atoms with Gasteiger partial charge < -0.3 is 16.0 Å². The lowest BCUT2D eigenvalue weighted by atomic mass is 10.1. The van der Waals surface area contributed by atoms with E-state index in [4.69, 9.17) is 11.5 Å². The van der Waals surface area contributed by atoms with Gasteiger partial charge in [-0.3, -0.25) is 4.79 Å². The molecule has 84 valence electrons. The minimum atomic E-state index is -0.620. The highest BCUT2D eigenvalue weighted by Gasteiger charge is 2.13. The molecule has 0 radical (unpaired) electrons. The zero-order chi connectivity index (χ0) is 11.7. The Morgan fingerprint density at radius 2 is 2.12 bits per heavy atom. The summed E-state index contributed by atoms with van der Waals surface area (Å²) in [6.07, 6.45) is 2.48. The van der Waals surface area contributed by atoms with E-state index < -0.39 is 11.9 Å². The molecule has 16 heavy (non-hydrogen) atoms. The number of nitrogens with zero attached hydrogens (tertiary/aromatic N) is 1. The third kappa shape index (κ3) is 1.79. The number of benzene rings is 1. The third-order valence-electron chi connectivity index (χ3n) is 2.78. The number of carbonyl (C=O) groups excluding carboxylic acids is 1. The summed E-state index contributed by atoms with van der Waals surface area (Å²) in [6, 6.07) is 7.40. The fourth-order valence-electron chi connectivity index (χ4n) is 1.93. The standard InChI is InChI=1S/C12H15N3O/c1-15-7-8(6-10(13)12(14)16)9-4-2-3-5-11(9)15/h2-5,7,10H,6,13H2,1H3,(H2,14,16)/t10-/m1/s1. The van der Waals surface area contributed by atoms with Gasteiger partial charge in [0.1, 0.15) is 0 Å². The van der Waals surface area contributed by atoms with Crippen LogP contribution < -0.4 is 11.5 Å². The molecule has 4 heteroatoms. The number of para-hydroxylation sites is 1. The molecule has 0 saturated carbocycles. The Bertz CT molecular complexity index is 530. The molecule has 1 aromatic heterocycles. The van der Waals surface area contributed by atoms with Crippen molar-refractivity contribution in [2.45, 2.75) is 12.5 Å². The molecule has 2 aromatic rings. The first-order valence-corrected chi connectivity index (χ1v) is 5.17. The number of primary amides is 1. The maximum Gasteiger partial charge on any atom is 0.234 e. The first-order chi connectivity index (χ1) is 7.59. The van der Waals surface area contributed by atoms with E-state index in [-0.39, 0.29) is 0 Å². The first kappa shape index (κ1) is 10.7. The van der Waals surface area contributed by atoms with Crippen LogP contribution in [0, 0.1) is 0 Å². The van der Waals surface area contributed by atoms with E-state index in [1.165, 1.54) is 0 Å². The topological polar surface area (TPSA) is 74.0 Å². The van der Waals surface area contributed by atoms with Gasteiger partial charge in [-0.15, -0.1) is 0 Å². The van der Waals surface area contributed by atoms with Gasteiger partial charge in [0.2, 0.25) is 5.91 Å². The van der Waals surface area contributed by atoms with Crippen LogP contribution in [0.5, 0.6) is 0 Å².